The van der Waals surface area contributed by atoms with Gasteiger partial charge in [0.05, 0.1) is 13.1 Å². The topological polar surface area (TPSA) is 92.9 Å². The molecule has 0 saturated carbocycles. The second kappa shape index (κ2) is 12.9. The van der Waals surface area contributed by atoms with Gasteiger partial charge >= 0.3 is 0 Å². The van der Waals surface area contributed by atoms with Crippen LogP contribution in [0.3, 0.4) is 0 Å². The van der Waals surface area contributed by atoms with Crippen LogP contribution in [0.25, 0.3) is 0 Å². The highest BCUT2D eigenvalue weighted by atomic mass is 35.5. The Bertz CT molecular complexity index is 641. The van der Waals surface area contributed by atoms with Crippen LogP contribution < -0.4 is 16.4 Å². The molecule has 6 nitrogen and oxygen atoms in total. The molecule has 0 aliphatic carbocycles. The lowest BCUT2D eigenvalue weighted by atomic mass is 10.1. The van der Waals surface area contributed by atoms with Gasteiger partial charge in [-0.15, -0.1) is 13.2 Å². The minimum atomic E-state index is -0.663. The maximum absolute atomic E-state index is 12.2. The first-order valence-corrected chi connectivity index (χ1v) is 8.50. The van der Waals surface area contributed by atoms with Gasteiger partial charge in [0.2, 0.25) is 11.9 Å². The van der Waals surface area contributed by atoms with Crippen molar-refractivity contribution in [2.45, 2.75) is 33.6 Å². The van der Waals surface area contributed by atoms with Gasteiger partial charge in [-0.05, 0) is 31.9 Å². The van der Waals surface area contributed by atoms with Gasteiger partial charge in [0.15, 0.2) is 0 Å². The standard InChI is InChI=1S/C16H23ClFN5O.C2H4/c1-4-10(2)12(9-20-15(24)5-6-18)7-11(3)21-14-8-13(17)22-16(19)23-14;1-2/h7-8H,4-6,9H2,1-3H3,(H,20,24)(H3,19,21,22,23);1-2H2/b11-7+,12-10+;. The molecule has 0 unspecified atom stereocenters. The summed E-state index contributed by atoms with van der Waals surface area (Å²) in [4.78, 5) is 19.3. The van der Waals surface area contributed by atoms with E-state index < -0.39 is 6.67 Å². The summed E-state index contributed by atoms with van der Waals surface area (Å²) in [5.41, 5.74) is 8.43. The molecule has 26 heavy (non-hydrogen) atoms. The number of nitrogens with one attached hydrogen (secondary N) is 2. The zero-order valence-corrected chi connectivity index (χ0v) is 16.3. The molecule has 0 atom stereocenters. The van der Waals surface area contributed by atoms with Crippen LogP contribution in [0.1, 0.15) is 33.6 Å². The van der Waals surface area contributed by atoms with Crippen LogP contribution in [0.5, 0.6) is 0 Å². The second-order valence-electron chi connectivity index (χ2n) is 5.26. The van der Waals surface area contributed by atoms with Crippen molar-refractivity contribution in [3.63, 3.8) is 0 Å². The zero-order chi connectivity index (χ0) is 20.1. The van der Waals surface area contributed by atoms with Crippen LogP contribution in [-0.4, -0.2) is 29.1 Å². The number of amides is 1. The van der Waals surface area contributed by atoms with Gasteiger partial charge in [0.1, 0.15) is 11.0 Å². The van der Waals surface area contributed by atoms with E-state index in [1.54, 1.807) is 6.07 Å². The Morgan fingerprint density at radius 2 is 2.04 bits per heavy atom. The number of nitrogens with two attached hydrogens (primary N) is 1. The zero-order valence-electron chi connectivity index (χ0n) is 15.5. The highest BCUT2D eigenvalue weighted by Gasteiger charge is 2.06. The molecule has 1 aromatic heterocycles. The van der Waals surface area contributed by atoms with Crippen molar-refractivity contribution in [1.82, 2.24) is 15.3 Å². The van der Waals surface area contributed by atoms with Crippen LogP contribution in [0.4, 0.5) is 16.2 Å². The van der Waals surface area contributed by atoms with E-state index in [0.717, 1.165) is 23.3 Å². The molecule has 4 N–H and O–H groups in total. The SMILES string of the molecule is C=C.CC/C(C)=C(\C=C(/C)Nc1cc(Cl)nc(N)n1)CNC(=O)CCF. The van der Waals surface area contributed by atoms with E-state index in [1.165, 1.54) is 0 Å². The Morgan fingerprint density at radius 1 is 1.38 bits per heavy atom. The third-order valence-corrected chi connectivity index (χ3v) is 3.50. The van der Waals surface area contributed by atoms with Crippen molar-refractivity contribution in [2.24, 2.45) is 0 Å². The van der Waals surface area contributed by atoms with Gasteiger partial charge in [-0.2, -0.15) is 4.98 Å². The van der Waals surface area contributed by atoms with Crippen LogP contribution >= 0.6 is 11.6 Å². The molecule has 0 spiro atoms. The number of allylic oxidation sites excluding steroid dienone is 2. The molecular weight excluding hydrogens is 357 g/mol. The molecule has 1 amide bonds. The maximum atomic E-state index is 12.2. The molecule has 0 aromatic carbocycles. The van der Waals surface area contributed by atoms with Crippen LogP contribution in [-0.2, 0) is 4.79 Å². The largest absolute Gasteiger partial charge is 0.368 e. The van der Waals surface area contributed by atoms with Crippen molar-refractivity contribution >= 4 is 29.3 Å². The lowest BCUT2D eigenvalue weighted by molar-refractivity contribution is -0.121. The summed E-state index contributed by atoms with van der Waals surface area (Å²) < 4.78 is 12.2. The minimum Gasteiger partial charge on any atom is -0.368 e. The maximum Gasteiger partial charge on any atom is 0.223 e. The highest BCUT2D eigenvalue weighted by Crippen LogP contribution is 2.16. The van der Waals surface area contributed by atoms with Crippen LogP contribution in [0, 0.1) is 0 Å². The molecule has 1 aromatic rings. The molecule has 0 bridgehead atoms. The van der Waals surface area contributed by atoms with Crippen LogP contribution in [0.2, 0.25) is 5.15 Å². The van der Waals surface area contributed by atoms with Gasteiger partial charge in [-0.25, -0.2) is 4.98 Å². The number of nitrogen functional groups attached to an aromatic ring is 1. The fraction of sp³-hybridized carbons (Fsp3) is 0.389. The van der Waals surface area contributed by atoms with Crippen molar-refractivity contribution in [3.05, 3.63) is 47.3 Å². The molecule has 0 saturated heterocycles. The first-order valence-electron chi connectivity index (χ1n) is 8.12. The predicted molar refractivity (Wildman–Crippen MR) is 107 cm³/mol. The summed E-state index contributed by atoms with van der Waals surface area (Å²) in [5.74, 6) is 0.251. The van der Waals surface area contributed by atoms with E-state index in [9.17, 15) is 9.18 Å². The molecule has 0 radical (unpaired) electrons. The van der Waals surface area contributed by atoms with Crippen molar-refractivity contribution in [3.8, 4) is 0 Å². The summed E-state index contributed by atoms with van der Waals surface area (Å²) in [5, 5.41) is 6.04. The first kappa shape index (κ1) is 23.6. The number of hydrogen-bond donors (Lipinski definition) is 3. The first-order chi connectivity index (χ1) is 12.3. The van der Waals surface area contributed by atoms with Gasteiger partial charge in [-0.3, -0.25) is 9.18 Å². The van der Waals surface area contributed by atoms with Gasteiger partial charge in [-0.1, -0.05) is 24.1 Å². The van der Waals surface area contributed by atoms with Gasteiger partial charge in [0, 0.05) is 18.3 Å². The van der Waals surface area contributed by atoms with Crippen LogP contribution in [0.15, 0.2) is 42.1 Å². The monoisotopic (exact) mass is 383 g/mol. The summed E-state index contributed by atoms with van der Waals surface area (Å²) >= 11 is 5.85. The van der Waals surface area contributed by atoms with Gasteiger partial charge in [0.25, 0.3) is 0 Å². The Kier molecular flexibility index (Phi) is 11.7. The van der Waals surface area contributed by atoms with E-state index in [1.807, 2.05) is 26.8 Å². The van der Waals surface area contributed by atoms with Gasteiger partial charge < -0.3 is 16.4 Å². The Morgan fingerprint density at radius 3 is 2.58 bits per heavy atom. The number of carbonyl (C=O) groups is 1. The summed E-state index contributed by atoms with van der Waals surface area (Å²) in [6.07, 6.45) is 2.61. The fourth-order valence-corrected chi connectivity index (χ4v) is 2.11. The van der Waals surface area contributed by atoms with Crippen molar-refractivity contribution in [1.29, 1.82) is 0 Å². The number of halogens is 2. The van der Waals surface area contributed by atoms with E-state index in [2.05, 4.69) is 33.8 Å². The smallest absolute Gasteiger partial charge is 0.223 e. The lowest BCUT2D eigenvalue weighted by Gasteiger charge is -2.12. The number of nitrogens with zero attached hydrogens (tertiary/aromatic N) is 2. The van der Waals surface area contributed by atoms with E-state index in [4.69, 9.17) is 17.3 Å². The number of carbonyl (C=O) groups excluding carboxylic acids is 1. The van der Waals surface area contributed by atoms with E-state index in [0.29, 0.717) is 12.4 Å². The molecule has 0 aliphatic heterocycles. The third kappa shape index (κ3) is 9.17. The van der Waals surface area contributed by atoms with Crippen molar-refractivity contribution in [2.75, 3.05) is 24.3 Å². The second-order valence-corrected chi connectivity index (χ2v) is 5.65. The number of aromatic nitrogens is 2. The summed E-state index contributed by atoms with van der Waals surface area (Å²) in [7, 11) is 0. The van der Waals surface area contributed by atoms with Crippen molar-refractivity contribution < 1.29 is 9.18 Å². The molecular formula is C18H27ClFN5O. The Balaban J connectivity index is 0.00000301. The lowest BCUT2D eigenvalue weighted by Crippen LogP contribution is -2.26. The third-order valence-electron chi connectivity index (χ3n) is 3.30. The Labute approximate surface area is 159 Å². The number of anilines is 2. The average Bonchev–Trinajstić information content (AvgIpc) is 2.59. The molecule has 8 heteroatoms. The molecule has 0 fully saturated rings. The fourth-order valence-electron chi connectivity index (χ4n) is 1.92. The number of rotatable bonds is 8. The Hall–Kier alpha value is -2.41. The quantitative estimate of drug-likeness (QED) is 0.358. The average molecular weight is 384 g/mol. The number of hydrogen-bond acceptors (Lipinski definition) is 5. The molecule has 1 rings (SSSR count). The summed E-state index contributed by atoms with van der Waals surface area (Å²) in [6.45, 7) is 11.5. The van der Waals surface area contributed by atoms with E-state index in [-0.39, 0.29) is 23.4 Å². The number of alkyl halides is 1. The summed E-state index contributed by atoms with van der Waals surface area (Å²) in [6, 6.07) is 1.56. The predicted octanol–water partition coefficient (Wildman–Crippen LogP) is 4.03. The normalized spacial score (nSPS) is 11.8. The highest BCUT2D eigenvalue weighted by molar-refractivity contribution is 6.29. The molecule has 1 heterocycles. The minimum absolute atomic E-state index is 0.0804. The van der Waals surface area contributed by atoms with E-state index >= 15 is 0 Å². The molecule has 0 aliphatic rings. The molecule has 144 valence electrons.